The lowest BCUT2D eigenvalue weighted by Gasteiger charge is -2.13. The molecule has 0 fully saturated rings. The molecule has 0 unspecified atom stereocenters. The summed E-state index contributed by atoms with van der Waals surface area (Å²) in [5.41, 5.74) is 3.61. The van der Waals surface area contributed by atoms with Crippen LogP contribution in [0.2, 0.25) is 0 Å². The second kappa shape index (κ2) is 10.8. The SMILES string of the molecule is COc1ccc(CNc2ncnc3nn(Cc4ccc(Cn5cccn5)cc4)cc23)c(OCC(=O)O)c1. The smallest absolute Gasteiger partial charge is 0.341 e. The van der Waals surface area contributed by atoms with Gasteiger partial charge in [-0.05, 0) is 29.3 Å². The Morgan fingerprint density at radius 3 is 2.54 bits per heavy atom. The molecule has 0 atom stereocenters. The minimum Gasteiger partial charge on any atom is -0.497 e. The zero-order chi connectivity index (χ0) is 25.6. The average Bonchev–Trinajstić information content (AvgIpc) is 3.57. The molecule has 5 aromatic rings. The first-order valence-corrected chi connectivity index (χ1v) is 11.6. The number of carbonyl (C=O) groups is 1. The number of hydrogen-bond donors (Lipinski definition) is 2. The molecular weight excluding hydrogens is 474 g/mol. The molecule has 11 heteroatoms. The van der Waals surface area contributed by atoms with Gasteiger partial charge in [0.1, 0.15) is 23.6 Å². The number of benzene rings is 2. The van der Waals surface area contributed by atoms with Crippen molar-refractivity contribution in [2.45, 2.75) is 19.6 Å². The fourth-order valence-electron chi connectivity index (χ4n) is 3.89. The van der Waals surface area contributed by atoms with Gasteiger partial charge in [-0.15, -0.1) is 0 Å². The topological polar surface area (TPSA) is 129 Å². The van der Waals surface area contributed by atoms with Gasteiger partial charge >= 0.3 is 5.97 Å². The monoisotopic (exact) mass is 499 g/mol. The summed E-state index contributed by atoms with van der Waals surface area (Å²) in [6.07, 6.45) is 7.08. The summed E-state index contributed by atoms with van der Waals surface area (Å²) in [5.74, 6) is 0.556. The fourth-order valence-corrected chi connectivity index (χ4v) is 3.89. The number of carboxylic acid groups (broad SMARTS) is 1. The van der Waals surface area contributed by atoms with E-state index in [1.807, 2.05) is 33.9 Å². The molecule has 0 saturated heterocycles. The number of ether oxygens (including phenoxy) is 2. The van der Waals surface area contributed by atoms with Gasteiger partial charge in [0.05, 0.1) is 25.6 Å². The van der Waals surface area contributed by atoms with E-state index in [1.165, 1.54) is 11.9 Å². The van der Waals surface area contributed by atoms with E-state index in [4.69, 9.17) is 14.6 Å². The Morgan fingerprint density at radius 1 is 1.05 bits per heavy atom. The van der Waals surface area contributed by atoms with Crippen LogP contribution in [0.1, 0.15) is 16.7 Å². The van der Waals surface area contributed by atoms with Gasteiger partial charge in [0.2, 0.25) is 0 Å². The van der Waals surface area contributed by atoms with Crippen molar-refractivity contribution < 1.29 is 19.4 Å². The molecule has 2 aromatic carbocycles. The van der Waals surface area contributed by atoms with E-state index in [9.17, 15) is 4.79 Å². The highest BCUT2D eigenvalue weighted by Crippen LogP contribution is 2.27. The lowest BCUT2D eigenvalue weighted by Crippen LogP contribution is -2.12. The van der Waals surface area contributed by atoms with Crippen LogP contribution in [-0.4, -0.2) is 54.3 Å². The van der Waals surface area contributed by atoms with E-state index < -0.39 is 12.6 Å². The molecule has 3 heterocycles. The number of rotatable bonds is 11. The summed E-state index contributed by atoms with van der Waals surface area (Å²) < 4.78 is 14.4. The van der Waals surface area contributed by atoms with Crippen molar-refractivity contribution in [1.82, 2.24) is 29.5 Å². The van der Waals surface area contributed by atoms with Crippen LogP contribution in [0.25, 0.3) is 11.0 Å². The number of anilines is 1. The van der Waals surface area contributed by atoms with Crippen LogP contribution in [0.3, 0.4) is 0 Å². The van der Waals surface area contributed by atoms with Crippen molar-refractivity contribution >= 4 is 22.8 Å². The first-order chi connectivity index (χ1) is 18.1. The highest BCUT2D eigenvalue weighted by Gasteiger charge is 2.12. The third kappa shape index (κ3) is 5.84. The molecule has 0 amide bonds. The maximum atomic E-state index is 11.0. The number of methoxy groups -OCH3 is 1. The molecule has 0 aliphatic carbocycles. The van der Waals surface area contributed by atoms with Crippen molar-refractivity contribution in [1.29, 1.82) is 0 Å². The summed E-state index contributed by atoms with van der Waals surface area (Å²) in [6, 6.07) is 15.5. The Hall–Kier alpha value is -4.93. The highest BCUT2D eigenvalue weighted by molar-refractivity contribution is 5.85. The minimum atomic E-state index is -1.06. The third-order valence-corrected chi connectivity index (χ3v) is 5.71. The van der Waals surface area contributed by atoms with Crippen LogP contribution in [0.4, 0.5) is 5.82 Å². The largest absolute Gasteiger partial charge is 0.497 e. The van der Waals surface area contributed by atoms with Gasteiger partial charge in [0.15, 0.2) is 12.3 Å². The van der Waals surface area contributed by atoms with Crippen molar-refractivity contribution in [3.8, 4) is 11.5 Å². The molecule has 2 N–H and O–H groups in total. The maximum absolute atomic E-state index is 11.0. The number of aromatic nitrogens is 6. The van der Waals surface area contributed by atoms with Gasteiger partial charge in [-0.2, -0.15) is 10.2 Å². The molecular formula is C26H25N7O4. The average molecular weight is 500 g/mol. The van der Waals surface area contributed by atoms with Gasteiger partial charge in [0.25, 0.3) is 0 Å². The maximum Gasteiger partial charge on any atom is 0.341 e. The predicted molar refractivity (Wildman–Crippen MR) is 136 cm³/mol. The molecule has 37 heavy (non-hydrogen) atoms. The van der Waals surface area contributed by atoms with E-state index in [0.29, 0.717) is 36.1 Å². The quantitative estimate of drug-likeness (QED) is 0.281. The zero-order valence-corrected chi connectivity index (χ0v) is 20.1. The summed E-state index contributed by atoms with van der Waals surface area (Å²) in [7, 11) is 1.54. The van der Waals surface area contributed by atoms with Crippen molar-refractivity contribution in [2.24, 2.45) is 0 Å². The number of hydrogen-bond acceptors (Lipinski definition) is 8. The van der Waals surface area contributed by atoms with E-state index in [2.05, 4.69) is 49.7 Å². The van der Waals surface area contributed by atoms with Crippen LogP contribution in [0.5, 0.6) is 11.5 Å². The lowest BCUT2D eigenvalue weighted by atomic mass is 10.1. The third-order valence-electron chi connectivity index (χ3n) is 5.71. The van der Waals surface area contributed by atoms with Crippen LogP contribution in [0, 0.1) is 0 Å². The van der Waals surface area contributed by atoms with Crippen LogP contribution < -0.4 is 14.8 Å². The molecule has 5 rings (SSSR count). The van der Waals surface area contributed by atoms with Gasteiger partial charge in [-0.3, -0.25) is 9.36 Å². The van der Waals surface area contributed by atoms with Gasteiger partial charge in [-0.25, -0.2) is 14.8 Å². The van der Waals surface area contributed by atoms with E-state index in [0.717, 1.165) is 23.1 Å². The standard InChI is InChI=1S/C26H25N7O4/c1-36-21-8-7-20(23(11-21)37-16-24(34)35)12-27-25-22-15-33(31-26(22)29-17-28-25)14-19-5-3-18(4-6-19)13-32-10-2-9-30-32/h2-11,15,17H,12-14,16H2,1H3,(H,34,35)(H,27,28,29,31). The normalized spacial score (nSPS) is 10.9. The van der Waals surface area contributed by atoms with Crippen LogP contribution in [0.15, 0.2) is 73.4 Å². The molecule has 11 nitrogen and oxygen atoms in total. The Labute approximate surface area is 212 Å². The molecule has 0 aliphatic rings. The summed E-state index contributed by atoms with van der Waals surface area (Å²) in [4.78, 5) is 19.7. The first-order valence-electron chi connectivity index (χ1n) is 11.6. The summed E-state index contributed by atoms with van der Waals surface area (Å²) >= 11 is 0. The van der Waals surface area contributed by atoms with Crippen molar-refractivity contribution in [2.75, 3.05) is 19.0 Å². The van der Waals surface area contributed by atoms with Crippen molar-refractivity contribution in [3.05, 3.63) is 90.1 Å². The van der Waals surface area contributed by atoms with E-state index in [-0.39, 0.29) is 0 Å². The Kier molecular flexibility index (Phi) is 6.93. The zero-order valence-electron chi connectivity index (χ0n) is 20.1. The molecule has 0 aliphatic heterocycles. The molecule has 0 spiro atoms. The summed E-state index contributed by atoms with van der Waals surface area (Å²) in [6.45, 7) is 1.22. The molecule has 0 saturated carbocycles. The predicted octanol–water partition coefficient (Wildman–Crippen LogP) is 3.20. The van der Waals surface area contributed by atoms with Crippen LogP contribution >= 0.6 is 0 Å². The number of nitrogens with one attached hydrogen (secondary N) is 1. The Morgan fingerprint density at radius 2 is 1.84 bits per heavy atom. The second-order valence-electron chi connectivity index (χ2n) is 8.32. The molecule has 188 valence electrons. The number of fused-ring (bicyclic) bond motifs is 1. The van der Waals surface area contributed by atoms with E-state index in [1.54, 1.807) is 25.4 Å². The molecule has 3 aromatic heterocycles. The Bertz CT molecular complexity index is 1500. The van der Waals surface area contributed by atoms with E-state index >= 15 is 0 Å². The number of nitrogens with zero attached hydrogens (tertiary/aromatic N) is 6. The highest BCUT2D eigenvalue weighted by atomic mass is 16.5. The van der Waals surface area contributed by atoms with Crippen molar-refractivity contribution in [3.63, 3.8) is 0 Å². The lowest BCUT2D eigenvalue weighted by molar-refractivity contribution is -0.139. The van der Waals surface area contributed by atoms with Gasteiger partial charge < -0.3 is 19.9 Å². The summed E-state index contributed by atoms with van der Waals surface area (Å²) in [5, 5.41) is 21.9. The van der Waals surface area contributed by atoms with Gasteiger partial charge in [-0.1, -0.05) is 24.3 Å². The van der Waals surface area contributed by atoms with Crippen LogP contribution in [-0.2, 0) is 24.4 Å². The Balaban J connectivity index is 1.29. The molecule has 0 bridgehead atoms. The fraction of sp³-hybridized carbons (Fsp3) is 0.192. The second-order valence-corrected chi connectivity index (χ2v) is 8.32. The molecule has 0 radical (unpaired) electrons. The van der Waals surface area contributed by atoms with Gasteiger partial charge in [0, 0.05) is 36.8 Å². The number of carboxylic acids is 1. The number of aliphatic carboxylic acids is 1. The first kappa shape index (κ1) is 23.8. The minimum absolute atomic E-state index is 0.355.